The second kappa shape index (κ2) is 6.02. The first-order valence-corrected chi connectivity index (χ1v) is 7.56. The Hall–Kier alpha value is -0.620. The molecule has 2 rings (SSSR count). The molecule has 1 aromatic heterocycles. The summed E-state index contributed by atoms with van der Waals surface area (Å²) in [6.07, 6.45) is 0. The first-order chi connectivity index (χ1) is 8.60. The molecule has 0 radical (unpaired) electrons. The van der Waals surface area contributed by atoms with Gasteiger partial charge in [-0.15, -0.1) is 10.2 Å². The molecule has 0 fully saturated rings. The van der Waals surface area contributed by atoms with E-state index >= 15 is 0 Å². The van der Waals surface area contributed by atoms with Crippen LogP contribution in [0.1, 0.15) is 23.5 Å². The zero-order valence-electron chi connectivity index (χ0n) is 10.4. The van der Waals surface area contributed by atoms with Crippen LogP contribution >= 0.6 is 34.7 Å². The van der Waals surface area contributed by atoms with Crippen molar-refractivity contribution in [1.82, 2.24) is 15.5 Å². The minimum Gasteiger partial charge on any atom is -0.313 e. The van der Waals surface area contributed by atoms with Crippen LogP contribution in [0, 0.1) is 6.92 Å². The Morgan fingerprint density at radius 2 is 2.17 bits per heavy atom. The van der Waals surface area contributed by atoms with Gasteiger partial charge in [0.05, 0.1) is 0 Å². The van der Waals surface area contributed by atoms with E-state index in [-0.39, 0.29) is 6.04 Å². The molecule has 0 amide bonds. The summed E-state index contributed by atoms with van der Waals surface area (Å²) in [7, 11) is 1.92. The maximum atomic E-state index is 6.29. The minimum absolute atomic E-state index is 0.250. The highest BCUT2D eigenvalue weighted by Gasteiger charge is 2.10. The summed E-state index contributed by atoms with van der Waals surface area (Å²) in [6, 6.07) is 6.35. The third-order valence-corrected chi connectivity index (χ3v) is 4.79. The Bertz CT molecular complexity index is 542. The highest BCUT2D eigenvalue weighted by Crippen LogP contribution is 2.33. The molecule has 2 aromatic rings. The van der Waals surface area contributed by atoms with Crippen LogP contribution in [-0.2, 0) is 0 Å². The lowest BCUT2D eigenvalue weighted by Crippen LogP contribution is -2.12. The van der Waals surface area contributed by atoms with Gasteiger partial charge < -0.3 is 5.32 Å². The van der Waals surface area contributed by atoms with Crippen LogP contribution in [0.25, 0.3) is 0 Å². The van der Waals surface area contributed by atoms with E-state index in [9.17, 15) is 0 Å². The molecular weight excluding hydrogens is 286 g/mol. The molecule has 0 spiro atoms. The molecule has 1 aromatic carbocycles. The third kappa shape index (κ3) is 3.23. The monoisotopic (exact) mass is 299 g/mol. The number of rotatable bonds is 4. The van der Waals surface area contributed by atoms with Gasteiger partial charge in [0.2, 0.25) is 0 Å². The molecule has 1 N–H and O–H groups in total. The lowest BCUT2D eigenvalue weighted by molar-refractivity contribution is 0.652. The molecule has 96 valence electrons. The van der Waals surface area contributed by atoms with Crippen molar-refractivity contribution in [2.24, 2.45) is 0 Å². The Morgan fingerprint density at radius 3 is 2.72 bits per heavy atom. The Labute approximate surface area is 120 Å². The summed E-state index contributed by atoms with van der Waals surface area (Å²) in [4.78, 5) is 1.09. The predicted octanol–water partition coefficient (Wildman–Crippen LogP) is 3.93. The topological polar surface area (TPSA) is 37.8 Å². The predicted molar refractivity (Wildman–Crippen MR) is 77.7 cm³/mol. The zero-order valence-corrected chi connectivity index (χ0v) is 12.8. The summed E-state index contributed by atoms with van der Waals surface area (Å²) in [5.41, 5.74) is 1.11. The Kier molecular flexibility index (Phi) is 4.61. The highest BCUT2D eigenvalue weighted by atomic mass is 35.5. The molecule has 0 aliphatic heterocycles. The van der Waals surface area contributed by atoms with Gasteiger partial charge >= 0.3 is 0 Å². The summed E-state index contributed by atoms with van der Waals surface area (Å²) in [6.45, 7) is 4.04. The molecule has 1 atom stereocenters. The fourth-order valence-electron chi connectivity index (χ4n) is 1.50. The molecule has 0 aliphatic carbocycles. The highest BCUT2D eigenvalue weighted by molar-refractivity contribution is 8.01. The maximum absolute atomic E-state index is 6.29. The van der Waals surface area contributed by atoms with Crippen molar-refractivity contribution in [3.63, 3.8) is 0 Å². The van der Waals surface area contributed by atoms with Gasteiger partial charge in [0, 0.05) is 16.0 Å². The van der Waals surface area contributed by atoms with E-state index in [1.165, 1.54) is 0 Å². The number of aryl methyl sites for hydroxylation is 1. The first-order valence-electron chi connectivity index (χ1n) is 5.55. The molecule has 3 nitrogen and oxygen atoms in total. The SMILES string of the molecule is CNC(C)c1ccc(Sc2nnc(C)s2)cc1Cl. The van der Waals surface area contributed by atoms with Crippen LogP contribution in [0.2, 0.25) is 5.02 Å². The van der Waals surface area contributed by atoms with Gasteiger partial charge in [-0.1, -0.05) is 40.8 Å². The van der Waals surface area contributed by atoms with Gasteiger partial charge in [-0.2, -0.15) is 0 Å². The van der Waals surface area contributed by atoms with Crippen LogP contribution in [0.5, 0.6) is 0 Å². The van der Waals surface area contributed by atoms with E-state index in [0.717, 1.165) is 24.8 Å². The minimum atomic E-state index is 0.250. The number of hydrogen-bond acceptors (Lipinski definition) is 5. The smallest absolute Gasteiger partial charge is 0.179 e. The van der Waals surface area contributed by atoms with Gasteiger partial charge in [0.25, 0.3) is 0 Å². The number of aromatic nitrogens is 2. The quantitative estimate of drug-likeness (QED) is 0.928. The van der Waals surface area contributed by atoms with Gasteiger partial charge in [0.1, 0.15) is 5.01 Å². The Balaban J connectivity index is 2.18. The number of halogens is 1. The van der Waals surface area contributed by atoms with Crippen LogP contribution in [0.3, 0.4) is 0 Å². The lowest BCUT2D eigenvalue weighted by Gasteiger charge is -2.13. The normalized spacial score (nSPS) is 12.7. The summed E-state index contributed by atoms with van der Waals surface area (Å²) in [5.74, 6) is 0. The number of benzene rings is 1. The standard InChI is InChI=1S/C12H14ClN3S2/c1-7(14-3)10-5-4-9(6-11(10)13)18-12-16-15-8(2)17-12/h4-7,14H,1-3H3. The van der Waals surface area contributed by atoms with Gasteiger partial charge in [0.15, 0.2) is 4.34 Å². The van der Waals surface area contributed by atoms with Crippen LogP contribution < -0.4 is 5.32 Å². The van der Waals surface area contributed by atoms with Crippen molar-refractivity contribution < 1.29 is 0 Å². The second-order valence-corrected chi connectivity index (χ2v) is 6.79. The molecule has 6 heteroatoms. The molecule has 0 saturated carbocycles. The van der Waals surface area contributed by atoms with Gasteiger partial charge in [-0.05, 0) is 38.6 Å². The molecule has 0 saturated heterocycles. The Morgan fingerprint density at radius 1 is 1.39 bits per heavy atom. The van der Waals surface area contributed by atoms with E-state index < -0.39 is 0 Å². The molecule has 0 aliphatic rings. The number of hydrogen-bond donors (Lipinski definition) is 1. The number of nitrogens with one attached hydrogen (secondary N) is 1. The van der Waals surface area contributed by atoms with Crippen LogP contribution in [-0.4, -0.2) is 17.2 Å². The average molecular weight is 300 g/mol. The molecule has 1 heterocycles. The molecule has 0 bridgehead atoms. The summed E-state index contributed by atoms with van der Waals surface area (Å²) < 4.78 is 0.943. The first kappa shape index (κ1) is 13.8. The fourth-order valence-corrected chi connectivity index (χ4v) is 3.74. The summed E-state index contributed by atoms with van der Waals surface area (Å²) in [5, 5.41) is 13.0. The van der Waals surface area contributed by atoms with E-state index in [4.69, 9.17) is 11.6 Å². The van der Waals surface area contributed by atoms with Crippen molar-refractivity contribution in [2.75, 3.05) is 7.05 Å². The molecular formula is C12H14ClN3S2. The van der Waals surface area contributed by atoms with E-state index in [2.05, 4.69) is 34.6 Å². The van der Waals surface area contributed by atoms with Crippen molar-refractivity contribution >= 4 is 34.7 Å². The van der Waals surface area contributed by atoms with E-state index in [1.807, 2.05) is 20.0 Å². The number of nitrogens with zero attached hydrogens (tertiary/aromatic N) is 2. The largest absolute Gasteiger partial charge is 0.313 e. The van der Waals surface area contributed by atoms with Crippen LogP contribution in [0.4, 0.5) is 0 Å². The van der Waals surface area contributed by atoms with Crippen LogP contribution in [0.15, 0.2) is 27.4 Å². The molecule has 1 unspecified atom stereocenters. The van der Waals surface area contributed by atoms with E-state index in [1.54, 1.807) is 23.1 Å². The van der Waals surface area contributed by atoms with Crippen molar-refractivity contribution in [1.29, 1.82) is 0 Å². The van der Waals surface area contributed by atoms with Crippen molar-refractivity contribution in [2.45, 2.75) is 29.1 Å². The summed E-state index contributed by atoms with van der Waals surface area (Å²) >= 11 is 9.47. The average Bonchev–Trinajstić information content (AvgIpc) is 2.74. The second-order valence-electron chi connectivity index (χ2n) is 3.88. The van der Waals surface area contributed by atoms with Gasteiger partial charge in [-0.25, -0.2) is 0 Å². The van der Waals surface area contributed by atoms with Crippen molar-refractivity contribution in [3.8, 4) is 0 Å². The van der Waals surface area contributed by atoms with E-state index in [0.29, 0.717) is 0 Å². The molecule has 18 heavy (non-hydrogen) atoms. The third-order valence-electron chi connectivity index (χ3n) is 2.58. The van der Waals surface area contributed by atoms with Gasteiger partial charge in [-0.3, -0.25) is 0 Å². The van der Waals surface area contributed by atoms with Crippen molar-refractivity contribution in [3.05, 3.63) is 33.8 Å². The maximum Gasteiger partial charge on any atom is 0.179 e. The zero-order chi connectivity index (χ0) is 13.1. The fraction of sp³-hybridized carbons (Fsp3) is 0.333. The lowest BCUT2D eigenvalue weighted by atomic mass is 10.1.